The zero-order valence-corrected chi connectivity index (χ0v) is 16.8. The van der Waals surface area contributed by atoms with Gasteiger partial charge in [-0.15, -0.1) is 0 Å². The fourth-order valence-corrected chi connectivity index (χ4v) is 4.12. The summed E-state index contributed by atoms with van der Waals surface area (Å²) in [6.45, 7) is 11.2. The van der Waals surface area contributed by atoms with E-state index in [1.807, 2.05) is 24.3 Å². The molecule has 2 aliphatic rings. The van der Waals surface area contributed by atoms with Gasteiger partial charge in [-0.05, 0) is 56.0 Å². The molecule has 26 heavy (non-hydrogen) atoms. The molecular formula is C21H29ClF2N2. The fraction of sp³-hybridized carbons (Fsp3) is 0.619. The third-order valence-electron chi connectivity index (χ3n) is 5.57. The van der Waals surface area contributed by atoms with Crippen LogP contribution in [-0.2, 0) is 0 Å². The monoisotopic (exact) mass is 382 g/mol. The summed E-state index contributed by atoms with van der Waals surface area (Å²) >= 11 is 5.99. The number of halogens is 3. The van der Waals surface area contributed by atoms with E-state index in [4.69, 9.17) is 11.6 Å². The first-order valence-electron chi connectivity index (χ1n) is 9.46. The first kappa shape index (κ1) is 19.8. The molecule has 0 radical (unpaired) electrons. The Morgan fingerprint density at radius 3 is 2.23 bits per heavy atom. The van der Waals surface area contributed by atoms with Gasteiger partial charge in [0.05, 0.1) is 0 Å². The molecule has 1 fully saturated rings. The molecule has 1 heterocycles. The lowest BCUT2D eigenvalue weighted by atomic mass is 9.85. The van der Waals surface area contributed by atoms with E-state index in [1.54, 1.807) is 0 Å². The summed E-state index contributed by atoms with van der Waals surface area (Å²) in [6, 6.07) is 7.60. The lowest BCUT2D eigenvalue weighted by molar-refractivity contribution is -0.0118. The maximum Gasteiger partial charge on any atom is 0.252 e. The first-order valence-corrected chi connectivity index (χ1v) is 9.84. The molecule has 0 bridgehead atoms. The highest BCUT2D eigenvalue weighted by molar-refractivity contribution is 6.30. The molecular weight excluding hydrogens is 354 g/mol. The van der Waals surface area contributed by atoms with Crippen molar-refractivity contribution in [3.63, 3.8) is 0 Å². The quantitative estimate of drug-likeness (QED) is 0.697. The normalized spacial score (nSPS) is 22.7. The van der Waals surface area contributed by atoms with Crippen molar-refractivity contribution in [2.45, 2.75) is 51.5 Å². The highest BCUT2D eigenvalue weighted by Crippen LogP contribution is 2.41. The first-order chi connectivity index (χ1) is 12.1. The van der Waals surface area contributed by atoms with E-state index in [9.17, 15) is 8.78 Å². The molecule has 1 aliphatic heterocycles. The summed E-state index contributed by atoms with van der Waals surface area (Å²) < 4.78 is 28.2. The van der Waals surface area contributed by atoms with E-state index in [1.165, 1.54) is 0 Å². The van der Waals surface area contributed by atoms with E-state index in [0.29, 0.717) is 18.0 Å². The Labute approximate surface area is 160 Å². The van der Waals surface area contributed by atoms with Crippen molar-refractivity contribution < 1.29 is 8.78 Å². The Kier molecular flexibility index (Phi) is 5.76. The maximum absolute atomic E-state index is 14.1. The predicted molar refractivity (Wildman–Crippen MR) is 105 cm³/mol. The van der Waals surface area contributed by atoms with Gasteiger partial charge in [0, 0.05) is 56.1 Å². The van der Waals surface area contributed by atoms with Crippen LogP contribution in [0.15, 0.2) is 29.8 Å². The molecule has 0 N–H and O–H groups in total. The van der Waals surface area contributed by atoms with Gasteiger partial charge in [0.15, 0.2) is 0 Å². The lowest BCUT2D eigenvalue weighted by Crippen LogP contribution is -2.53. The summed E-state index contributed by atoms with van der Waals surface area (Å²) in [5, 5.41) is 0.676. The summed E-state index contributed by atoms with van der Waals surface area (Å²) in [5.41, 5.74) is 3.18. The number of allylic oxidation sites excluding steroid dienone is 1. The molecule has 144 valence electrons. The Balaban J connectivity index is 1.76. The van der Waals surface area contributed by atoms with Gasteiger partial charge in [0.2, 0.25) is 0 Å². The second-order valence-corrected chi connectivity index (χ2v) is 8.99. The van der Waals surface area contributed by atoms with Gasteiger partial charge in [0.1, 0.15) is 0 Å². The van der Waals surface area contributed by atoms with Crippen LogP contribution < -0.4 is 0 Å². The molecule has 1 aromatic carbocycles. The number of piperazine rings is 1. The zero-order valence-electron chi connectivity index (χ0n) is 16.0. The molecule has 1 aromatic rings. The van der Waals surface area contributed by atoms with Gasteiger partial charge < -0.3 is 0 Å². The number of benzene rings is 1. The molecule has 1 aliphatic carbocycles. The smallest absolute Gasteiger partial charge is 0.252 e. The van der Waals surface area contributed by atoms with Crippen molar-refractivity contribution in [1.82, 2.24) is 9.80 Å². The number of alkyl halides is 2. The Hall–Kier alpha value is -0.970. The zero-order chi connectivity index (χ0) is 18.9. The van der Waals surface area contributed by atoms with E-state index in [2.05, 4.69) is 30.6 Å². The number of rotatable bonds is 3. The predicted octanol–water partition coefficient (Wildman–Crippen LogP) is 5.33. The molecule has 0 aromatic heterocycles. The fourth-order valence-electron chi connectivity index (χ4n) is 3.99. The van der Waals surface area contributed by atoms with Crippen LogP contribution in [0.25, 0.3) is 5.57 Å². The third kappa shape index (κ3) is 4.85. The molecule has 0 spiro atoms. The van der Waals surface area contributed by atoms with E-state index in [-0.39, 0.29) is 18.4 Å². The second kappa shape index (κ2) is 7.57. The minimum atomic E-state index is -2.58. The Morgan fingerprint density at radius 1 is 1.04 bits per heavy atom. The summed E-state index contributed by atoms with van der Waals surface area (Å²) in [7, 11) is 0. The van der Waals surface area contributed by atoms with Gasteiger partial charge >= 0.3 is 0 Å². The molecule has 5 heteroatoms. The third-order valence-corrected chi connectivity index (χ3v) is 5.82. The molecule has 0 saturated carbocycles. The van der Waals surface area contributed by atoms with Crippen LogP contribution in [0.5, 0.6) is 0 Å². The minimum Gasteiger partial charge on any atom is -0.297 e. The van der Waals surface area contributed by atoms with Crippen LogP contribution in [0.1, 0.15) is 45.6 Å². The Morgan fingerprint density at radius 2 is 1.65 bits per heavy atom. The van der Waals surface area contributed by atoms with Gasteiger partial charge in [-0.25, -0.2) is 8.78 Å². The highest BCUT2D eigenvalue weighted by atomic mass is 35.5. The van der Waals surface area contributed by atoms with Crippen LogP contribution >= 0.6 is 11.6 Å². The van der Waals surface area contributed by atoms with E-state index < -0.39 is 5.92 Å². The van der Waals surface area contributed by atoms with Crippen molar-refractivity contribution in [2.24, 2.45) is 0 Å². The average molecular weight is 383 g/mol. The van der Waals surface area contributed by atoms with Crippen LogP contribution in [0.4, 0.5) is 8.78 Å². The molecule has 2 nitrogen and oxygen atoms in total. The van der Waals surface area contributed by atoms with Crippen molar-refractivity contribution in [2.75, 3.05) is 32.7 Å². The minimum absolute atomic E-state index is 0.0632. The highest BCUT2D eigenvalue weighted by Gasteiger charge is 2.36. The van der Waals surface area contributed by atoms with Crippen LogP contribution in [0.2, 0.25) is 5.02 Å². The number of nitrogens with zero attached hydrogens (tertiary/aromatic N) is 2. The molecule has 0 atom stereocenters. The van der Waals surface area contributed by atoms with Gasteiger partial charge in [-0.1, -0.05) is 23.7 Å². The van der Waals surface area contributed by atoms with E-state index in [0.717, 1.165) is 42.9 Å². The topological polar surface area (TPSA) is 6.48 Å². The summed E-state index contributed by atoms with van der Waals surface area (Å²) in [4.78, 5) is 4.79. The number of hydrogen-bond acceptors (Lipinski definition) is 2. The largest absolute Gasteiger partial charge is 0.297 e. The molecule has 1 saturated heterocycles. The van der Waals surface area contributed by atoms with Crippen molar-refractivity contribution in [1.29, 1.82) is 0 Å². The standard InChI is InChI=1S/C21H29ClF2N2/c1-20(2,3)26-12-10-25(11-13-26)15-17-14-21(23,24)9-8-19(17)16-4-6-18(22)7-5-16/h4-7H,8-15H2,1-3H3. The molecule has 0 unspecified atom stereocenters. The van der Waals surface area contributed by atoms with Crippen LogP contribution in [-0.4, -0.2) is 54.0 Å². The maximum atomic E-state index is 14.1. The molecule has 3 rings (SSSR count). The van der Waals surface area contributed by atoms with Crippen molar-refractivity contribution in [3.8, 4) is 0 Å². The van der Waals surface area contributed by atoms with E-state index >= 15 is 0 Å². The van der Waals surface area contributed by atoms with Gasteiger partial charge in [0.25, 0.3) is 5.92 Å². The number of hydrogen-bond donors (Lipinski definition) is 0. The van der Waals surface area contributed by atoms with Crippen molar-refractivity contribution >= 4 is 17.2 Å². The van der Waals surface area contributed by atoms with Crippen LogP contribution in [0.3, 0.4) is 0 Å². The van der Waals surface area contributed by atoms with Crippen LogP contribution in [0, 0.1) is 0 Å². The lowest BCUT2D eigenvalue weighted by Gasteiger charge is -2.43. The Bertz CT molecular complexity index is 654. The second-order valence-electron chi connectivity index (χ2n) is 8.56. The summed E-state index contributed by atoms with van der Waals surface area (Å²) in [6.07, 6.45) is 0.253. The van der Waals surface area contributed by atoms with Gasteiger partial charge in [-0.3, -0.25) is 9.80 Å². The van der Waals surface area contributed by atoms with Gasteiger partial charge in [-0.2, -0.15) is 0 Å². The van der Waals surface area contributed by atoms with Crippen molar-refractivity contribution in [3.05, 3.63) is 40.4 Å². The molecule has 0 amide bonds. The summed E-state index contributed by atoms with van der Waals surface area (Å²) in [5.74, 6) is -2.58. The average Bonchev–Trinajstić information content (AvgIpc) is 2.55. The SMILES string of the molecule is CC(C)(C)N1CCN(CC2=C(c3ccc(Cl)cc3)CCC(F)(F)C2)CC1.